The maximum Gasteiger partial charge on any atom is 0.227 e. The largest absolute Gasteiger partial charge is 0.378 e. The molecule has 1 saturated heterocycles. The topological polar surface area (TPSA) is 90.2 Å². The van der Waals surface area contributed by atoms with E-state index in [9.17, 15) is 9.59 Å². The molecule has 1 aliphatic heterocycles. The standard InChI is InChI=1S/C20H21N5O3S2/c1-24-19(14-4-6-21-7-5-14)22-23-20(24)29-13-16(26)17-3-2-15(30-17)12-18(27)25-8-10-28-11-9-25/h2-7H,8-13H2,1H3. The average molecular weight is 444 g/mol. The SMILES string of the molecule is Cn1c(SCC(=O)c2ccc(CC(=O)N3CCOCC3)s2)nnc1-c1ccncc1. The number of ether oxygens (including phenoxy) is 1. The van der Waals surface area contributed by atoms with Gasteiger partial charge in [-0.25, -0.2) is 0 Å². The quantitative estimate of drug-likeness (QED) is 0.409. The van der Waals surface area contributed by atoms with Gasteiger partial charge in [-0.2, -0.15) is 0 Å². The number of aromatic nitrogens is 4. The van der Waals surface area contributed by atoms with Gasteiger partial charge in [0, 0.05) is 43.0 Å². The van der Waals surface area contributed by atoms with Crippen LogP contribution in [0, 0.1) is 0 Å². The Kier molecular flexibility index (Phi) is 6.56. The molecule has 0 spiro atoms. The predicted molar refractivity (Wildman–Crippen MR) is 115 cm³/mol. The van der Waals surface area contributed by atoms with Crippen LogP contribution in [0.5, 0.6) is 0 Å². The number of rotatable bonds is 7. The van der Waals surface area contributed by atoms with E-state index >= 15 is 0 Å². The summed E-state index contributed by atoms with van der Waals surface area (Å²) in [4.78, 5) is 32.4. The normalized spacial score (nSPS) is 14.1. The van der Waals surface area contributed by atoms with Gasteiger partial charge in [-0.1, -0.05) is 11.8 Å². The van der Waals surface area contributed by atoms with Crippen LogP contribution in [-0.2, 0) is 23.0 Å². The fourth-order valence-corrected chi connectivity index (χ4v) is 4.91. The number of nitrogens with zero attached hydrogens (tertiary/aromatic N) is 5. The van der Waals surface area contributed by atoms with Crippen molar-refractivity contribution in [3.8, 4) is 11.4 Å². The molecule has 4 heterocycles. The summed E-state index contributed by atoms with van der Waals surface area (Å²) in [6.45, 7) is 2.43. The Morgan fingerprint density at radius 2 is 1.90 bits per heavy atom. The highest BCUT2D eigenvalue weighted by Crippen LogP contribution is 2.25. The monoisotopic (exact) mass is 443 g/mol. The fourth-order valence-electron chi connectivity index (χ4n) is 3.09. The van der Waals surface area contributed by atoms with Crippen molar-refractivity contribution in [2.24, 2.45) is 7.05 Å². The van der Waals surface area contributed by atoms with Crippen LogP contribution in [0.3, 0.4) is 0 Å². The molecule has 0 radical (unpaired) electrons. The molecule has 0 saturated carbocycles. The number of thiophene rings is 1. The highest BCUT2D eigenvalue weighted by Gasteiger charge is 2.19. The number of hydrogen-bond acceptors (Lipinski definition) is 8. The minimum absolute atomic E-state index is 0.0172. The van der Waals surface area contributed by atoms with E-state index in [1.165, 1.54) is 23.1 Å². The van der Waals surface area contributed by atoms with Crippen LogP contribution in [0.15, 0.2) is 41.8 Å². The van der Waals surface area contributed by atoms with Crippen LogP contribution < -0.4 is 0 Å². The molecule has 3 aromatic heterocycles. The number of Topliss-reactive ketones (excluding diaryl/α,β-unsaturated/α-hetero) is 1. The number of carbonyl (C=O) groups is 2. The van der Waals surface area contributed by atoms with Gasteiger partial charge in [0.05, 0.1) is 30.3 Å². The van der Waals surface area contributed by atoms with Gasteiger partial charge >= 0.3 is 0 Å². The van der Waals surface area contributed by atoms with E-state index in [0.29, 0.717) is 42.8 Å². The zero-order valence-electron chi connectivity index (χ0n) is 16.5. The van der Waals surface area contributed by atoms with Crippen molar-refractivity contribution >= 4 is 34.8 Å². The van der Waals surface area contributed by atoms with E-state index in [0.717, 1.165) is 16.3 Å². The molecular weight excluding hydrogens is 422 g/mol. The average Bonchev–Trinajstić information content (AvgIpc) is 3.40. The Morgan fingerprint density at radius 1 is 1.13 bits per heavy atom. The molecule has 10 heteroatoms. The van der Waals surface area contributed by atoms with Crippen LogP contribution in [0.4, 0.5) is 0 Å². The second-order valence-electron chi connectivity index (χ2n) is 6.75. The zero-order valence-corrected chi connectivity index (χ0v) is 18.1. The van der Waals surface area contributed by atoms with Crippen LogP contribution in [-0.4, -0.2) is 68.4 Å². The lowest BCUT2D eigenvalue weighted by atomic mass is 10.2. The molecule has 30 heavy (non-hydrogen) atoms. The van der Waals surface area contributed by atoms with E-state index in [1.807, 2.05) is 34.7 Å². The third kappa shape index (κ3) is 4.77. The maximum absolute atomic E-state index is 12.6. The lowest BCUT2D eigenvalue weighted by molar-refractivity contribution is -0.134. The Labute approximate surface area is 182 Å². The van der Waals surface area contributed by atoms with Crippen molar-refractivity contribution in [3.05, 3.63) is 46.4 Å². The molecule has 0 aliphatic carbocycles. The van der Waals surface area contributed by atoms with Crippen molar-refractivity contribution < 1.29 is 14.3 Å². The summed E-state index contributed by atoms with van der Waals surface area (Å²) in [5.41, 5.74) is 0.922. The van der Waals surface area contributed by atoms with Crippen molar-refractivity contribution in [2.75, 3.05) is 32.1 Å². The third-order valence-corrected chi connectivity index (χ3v) is 6.88. The number of amides is 1. The van der Waals surface area contributed by atoms with Crippen LogP contribution >= 0.6 is 23.1 Å². The molecule has 4 rings (SSSR count). The number of hydrogen-bond donors (Lipinski definition) is 0. The molecule has 0 bridgehead atoms. The summed E-state index contributed by atoms with van der Waals surface area (Å²) < 4.78 is 7.15. The highest BCUT2D eigenvalue weighted by molar-refractivity contribution is 7.99. The maximum atomic E-state index is 12.6. The second-order valence-corrected chi connectivity index (χ2v) is 8.86. The summed E-state index contributed by atoms with van der Waals surface area (Å²) in [6.07, 6.45) is 3.74. The van der Waals surface area contributed by atoms with E-state index in [1.54, 1.807) is 18.5 Å². The second kappa shape index (κ2) is 9.50. The van der Waals surface area contributed by atoms with E-state index in [4.69, 9.17) is 4.74 Å². The highest BCUT2D eigenvalue weighted by atomic mass is 32.2. The van der Waals surface area contributed by atoms with Crippen LogP contribution in [0.1, 0.15) is 14.5 Å². The van der Waals surface area contributed by atoms with Gasteiger partial charge in [0.1, 0.15) is 0 Å². The summed E-state index contributed by atoms with van der Waals surface area (Å²) in [5, 5.41) is 9.10. The first-order valence-electron chi connectivity index (χ1n) is 9.52. The van der Waals surface area contributed by atoms with Gasteiger partial charge in [0.2, 0.25) is 5.91 Å². The van der Waals surface area contributed by atoms with E-state index < -0.39 is 0 Å². The molecule has 3 aromatic rings. The molecule has 0 aromatic carbocycles. The van der Waals surface area contributed by atoms with Gasteiger partial charge < -0.3 is 14.2 Å². The summed E-state index contributed by atoms with van der Waals surface area (Å²) in [7, 11) is 1.88. The first-order chi connectivity index (χ1) is 14.6. The lowest BCUT2D eigenvalue weighted by Gasteiger charge is -2.26. The predicted octanol–water partition coefficient (Wildman–Crippen LogP) is 2.31. The van der Waals surface area contributed by atoms with E-state index in [-0.39, 0.29) is 17.4 Å². The Hall–Kier alpha value is -2.56. The molecule has 1 fully saturated rings. The van der Waals surface area contributed by atoms with Gasteiger partial charge in [-0.3, -0.25) is 14.6 Å². The minimum atomic E-state index is 0.0172. The van der Waals surface area contributed by atoms with Gasteiger partial charge in [0.15, 0.2) is 16.8 Å². The molecule has 8 nitrogen and oxygen atoms in total. The summed E-state index contributed by atoms with van der Waals surface area (Å²) in [6, 6.07) is 7.41. The molecular formula is C20H21N5O3S2. The minimum Gasteiger partial charge on any atom is -0.378 e. The van der Waals surface area contributed by atoms with Crippen LogP contribution in [0.2, 0.25) is 0 Å². The smallest absolute Gasteiger partial charge is 0.227 e. The number of carbonyl (C=O) groups excluding carboxylic acids is 2. The number of pyridine rings is 1. The van der Waals surface area contributed by atoms with Crippen molar-refractivity contribution in [2.45, 2.75) is 11.6 Å². The first kappa shape index (κ1) is 20.7. The Morgan fingerprint density at radius 3 is 2.67 bits per heavy atom. The molecule has 156 valence electrons. The third-order valence-electron chi connectivity index (χ3n) is 4.73. The first-order valence-corrected chi connectivity index (χ1v) is 11.3. The van der Waals surface area contributed by atoms with Crippen molar-refractivity contribution in [3.63, 3.8) is 0 Å². The molecule has 0 unspecified atom stereocenters. The van der Waals surface area contributed by atoms with Crippen LogP contribution in [0.25, 0.3) is 11.4 Å². The summed E-state index contributed by atoms with van der Waals surface area (Å²) in [5.74, 6) is 1.09. The lowest BCUT2D eigenvalue weighted by Crippen LogP contribution is -2.41. The van der Waals surface area contributed by atoms with Crippen molar-refractivity contribution in [1.29, 1.82) is 0 Å². The van der Waals surface area contributed by atoms with Crippen molar-refractivity contribution in [1.82, 2.24) is 24.6 Å². The molecule has 1 aliphatic rings. The number of thioether (sulfide) groups is 1. The number of morpholine rings is 1. The van der Waals surface area contributed by atoms with Gasteiger partial charge in [-0.05, 0) is 24.3 Å². The molecule has 0 N–H and O–H groups in total. The Bertz CT molecular complexity index is 1030. The molecule has 1 amide bonds. The van der Waals surface area contributed by atoms with Gasteiger partial charge in [0.25, 0.3) is 0 Å². The van der Waals surface area contributed by atoms with Gasteiger partial charge in [-0.15, -0.1) is 21.5 Å². The number of ketones is 1. The summed E-state index contributed by atoms with van der Waals surface area (Å²) >= 11 is 2.74. The zero-order chi connectivity index (χ0) is 20.9. The molecule has 0 atom stereocenters. The Balaban J connectivity index is 1.34. The fraction of sp³-hybridized carbons (Fsp3) is 0.350. The van der Waals surface area contributed by atoms with E-state index in [2.05, 4.69) is 15.2 Å².